The summed E-state index contributed by atoms with van der Waals surface area (Å²) in [5.74, 6) is 2.55. The van der Waals surface area contributed by atoms with Crippen LogP contribution in [0, 0.1) is 5.41 Å². The second-order valence-corrected chi connectivity index (χ2v) is 6.31. The van der Waals surface area contributed by atoms with Gasteiger partial charge in [0.05, 0.1) is 6.26 Å². The average Bonchev–Trinajstić information content (AvgIpc) is 3.34. The summed E-state index contributed by atoms with van der Waals surface area (Å²) in [6, 6.07) is 3.62. The predicted molar refractivity (Wildman–Crippen MR) is 102 cm³/mol. The Morgan fingerprint density at radius 2 is 2.12 bits per heavy atom. The van der Waals surface area contributed by atoms with Crippen molar-refractivity contribution in [1.29, 1.82) is 0 Å². The highest BCUT2D eigenvalue weighted by Gasteiger charge is 2.25. The standard InChI is InChI=1S/C18H30N6O2/c1-4-18(5-2,9-10-25)13-21-17(19-6-3)20-12-15-22-16(24-23-15)14-8-7-11-26-14/h7-8,11,25H,4-6,9-10,12-13H2,1-3H3,(H2,19,20,21)(H,22,23,24). The summed E-state index contributed by atoms with van der Waals surface area (Å²) >= 11 is 0. The van der Waals surface area contributed by atoms with E-state index in [0.717, 1.165) is 38.3 Å². The van der Waals surface area contributed by atoms with Crippen molar-refractivity contribution in [1.82, 2.24) is 25.8 Å². The second kappa shape index (κ2) is 9.96. The molecule has 144 valence electrons. The number of nitrogens with zero attached hydrogens (tertiary/aromatic N) is 3. The van der Waals surface area contributed by atoms with E-state index in [1.165, 1.54) is 0 Å². The van der Waals surface area contributed by atoms with Crippen LogP contribution in [0.25, 0.3) is 11.6 Å². The third-order valence-electron chi connectivity index (χ3n) is 4.78. The van der Waals surface area contributed by atoms with Crippen molar-refractivity contribution in [3.8, 4) is 11.6 Å². The Labute approximate surface area is 154 Å². The lowest BCUT2D eigenvalue weighted by Crippen LogP contribution is -2.43. The van der Waals surface area contributed by atoms with Crippen molar-refractivity contribution in [2.24, 2.45) is 10.4 Å². The first kappa shape index (κ1) is 20.0. The molecule has 0 fully saturated rings. The quantitative estimate of drug-likeness (QED) is 0.381. The van der Waals surface area contributed by atoms with Crippen LogP contribution in [0.15, 0.2) is 27.8 Å². The van der Waals surface area contributed by atoms with Crippen LogP contribution < -0.4 is 10.6 Å². The van der Waals surface area contributed by atoms with Crippen LogP contribution in [0.2, 0.25) is 0 Å². The topological polar surface area (TPSA) is 111 Å². The van der Waals surface area contributed by atoms with E-state index in [9.17, 15) is 5.11 Å². The highest BCUT2D eigenvalue weighted by molar-refractivity contribution is 5.79. The molecule has 0 atom stereocenters. The number of rotatable bonds is 10. The number of aliphatic imine (C=N–C) groups is 1. The number of H-pyrrole nitrogens is 1. The van der Waals surface area contributed by atoms with Gasteiger partial charge in [-0.25, -0.2) is 9.98 Å². The van der Waals surface area contributed by atoms with E-state index < -0.39 is 0 Å². The van der Waals surface area contributed by atoms with E-state index in [1.807, 2.05) is 13.0 Å². The number of aromatic amines is 1. The maximum Gasteiger partial charge on any atom is 0.216 e. The Balaban J connectivity index is 2.00. The average molecular weight is 362 g/mol. The Hall–Kier alpha value is -2.35. The summed E-state index contributed by atoms with van der Waals surface area (Å²) in [7, 11) is 0. The minimum atomic E-state index is 0.0731. The summed E-state index contributed by atoms with van der Waals surface area (Å²) in [6.07, 6.45) is 4.38. The van der Waals surface area contributed by atoms with E-state index in [-0.39, 0.29) is 12.0 Å². The maximum absolute atomic E-state index is 9.36. The zero-order valence-electron chi connectivity index (χ0n) is 15.9. The Bertz CT molecular complexity index is 661. The molecule has 0 spiro atoms. The molecule has 0 radical (unpaired) electrons. The molecule has 8 heteroatoms. The zero-order chi connectivity index (χ0) is 18.8. The molecule has 0 aliphatic rings. The number of furan rings is 1. The summed E-state index contributed by atoms with van der Waals surface area (Å²) in [6.45, 7) is 8.47. The van der Waals surface area contributed by atoms with Gasteiger partial charge in [0.15, 0.2) is 11.7 Å². The molecule has 0 saturated heterocycles. The van der Waals surface area contributed by atoms with Gasteiger partial charge >= 0.3 is 0 Å². The Morgan fingerprint density at radius 3 is 2.73 bits per heavy atom. The van der Waals surface area contributed by atoms with E-state index >= 15 is 0 Å². The summed E-state index contributed by atoms with van der Waals surface area (Å²) in [5, 5.41) is 23.1. The van der Waals surface area contributed by atoms with Gasteiger partial charge in [0.2, 0.25) is 5.82 Å². The number of aliphatic hydroxyl groups excluding tert-OH is 1. The lowest BCUT2D eigenvalue weighted by Gasteiger charge is -2.32. The summed E-state index contributed by atoms with van der Waals surface area (Å²) < 4.78 is 5.29. The van der Waals surface area contributed by atoms with Gasteiger partial charge in [-0.15, -0.1) is 5.10 Å². The highest BCUT2D eigenvalue weighted by Crippen LogP contribution is 2.29. The molecule has 0 saturated carbocycles. The fraction of sp³-hybridized carbons (Fsp3) is 0.611. The first-order valence-electron chi connectivity index (χ1n) is 9.24. The zero-order valence-corrected chi connectivity index (χ0v) is 15.9. The number of hydrogen-bond donors (Lipinski definition) is 4. The molecule has 4 N–H and O–H groups in total. The van der Waals surface area contributed by atoms with E-state index in [0.29, 0.717) is 24.0 Å². The lowest BCUT2D eigenvalue weighted by molar-refractivity contribution is 0.169. The van der Waals surface area contributed by atoms with Crippen LogP contribution >= 0.6 is 0 Å². The van der Waals surface area contributed by atoms with E-state index in [4.69, 9.17) is 4.42 Å². The van der Waals surface area contributed by atoms with Crippen molar-refractivity contribution in [3.05, 3.63) is 24.2 Å². The Morgan fingerprint density at radius 1 is 1.31 bits per heavy atom. The molecular weight excluding hydrogens is 332 g/mol. The molecule has 0 aromatic carbocycles. The molecule has 0 unspecified atom stereocenters. The van der Waals surface area contributed by atoms with Gasteiger partial charge < -0.3 is 20.2 Å². The molecule has 26 heavy (non-hydrogen) atoms. The molecule has 2 aromatic heterocycles. The molecule has 0 bridgehead atoms. The fourth-order valence-corrected chi connectivity index (χ4v) is 2.83. The normalized spacial score (nSPS) is 12.4. The minimum absolute atomic E-state index is 0.0731. The molecule has 2 rings (SSSR count). The molecule has 8 nitrogen and oxygen atoms in total. The third kappa shape index (κ3) is 5.32. The summed E-state index contributed by atoms with van der Waals surface area (Å²) in [5.41, 5.74) is 0.0731. The van der Waals surface area contributed by atoms with Gasteiger partial charge in [0.1, 0.15) is 12.4 Å². The van der Waals surface area contributed by atoms with Crippen molar-refractivity contribution in [3.63, 3.8) is 0 Å². The first-order valence-corrected chi connectivity index (χ1v) is 9.24. The first-order chi connectivity index (χ1) is 12.7. The number of aliphatic hydroxyl groups is 1. The molecule has 0 aliphatic carbocycles. The van der Waals surface area contributed by atoms with Gasteiger partial charge in [0.25, 0.3) is 0 Å². The minimum Gasteiger partial charge on any atom is -0.461 e. The van der Waals surface area contributed by atoms with Gasteiger partial charge in [-0.1, -0.05) is 13.8 Å². The predicted octanol–water partition coefficient (Wildman–Crippen LogP) is 2.31. The Kier molecular flexibility index (Phi) is 7.65. The monoisotopic (exact) mass is 362 g/mol. The van der Waals surface area contributed by atoms with Gasteiger partial charge in [-0.2, -0.15) is 0 Å². The maximum atomic E-state index is 9.36. The van der Waals surface area contributed by atoms with Gasteiger partial charge in [0, 0.05) is 19.7 Å². The molecule has 2 heterocycles. The van der Waals surface area contributed by atoms with Crippen molar-refractivity contribution in [2.45, 2.75) is 46.6 Å². The third-order valence-corrected chi connectivity index (χ3v) is 4.78. The van der Waals surface area contributed by atoms with Crippen LogP contribution in [-0.2, 0) is 6.54 Å². The van der Waals surface area contributed by atoms with Crippen molar-refractivity contribution < 1.29 is 9.52 Å². The van der Waals surface area contributed by atoms with E-state index in [1.54, 1.807) is 12.3 Å². The number of guanidine groups is 1. The lowest BCUT2D eigenvalue weighted by atomic mass is 9.79. The number of aromatic nitrogens is 3. The fourth-order valence-electron chi connectivity index (χ4n) is 2.83. The largest absolute Gasteiger partial charge is 0.461 e. The van der Waals surface area contributed by atoms with Crippen LogP contribution in [-0.4, -0.2) is 45.9 Å². The smallest absolute Gasteiger partial charge is 0.216 e. The van der Waals surface area contributed by atoms with Crippen LogP contribution in [0.4, 0.5) is 0 Å². The summed E-state index contributed by atoms with van der Waals surface area (Å²) in [4.78, 5) is 8.98. The molecule has 0 aliphatic heterocycles. The number of hydrogen-bond acceptors (Lipinski definition) is 5. The van der Waals surface area contributed by atoms with Gasteiger partial charge in [-0.05, 0) is 43.7 Å². The van der Waals surface area contributed by atoms with Crippen molar-refractivity contribution >= 4 is 5.96 Å². The van der Waals surface area contributed by atoms with Crippen LogP contribution in [0.3, 0.4) is 0 Å². The second-order valence-electron chi connectivity index (χ2n) is 6.31. The van der Waals surface area contributed by atoms with Crippen LogP contribution in [0.5, 0.6) is 0 Å². The van der Waals surface area contributed by atoms with E-state index in [2.05, 4.69) is 44.7 Å². The van der Waals surface area contributed by atoms with Crippen molar-refractivity contribution in [2.75, 3.05) is 19.7 Å². The molecule has 2 aromatic rings. The highest BCUT2D eigenvalue weighted by atomic mass is 16.3. The molecule has 0 amide bonds. The SMILES string of the molecule is CCNC(=NCc1nc(-c2ccco2)n[nH]1)NCC(CC)(CC)CCO. The number of nitrogens with one attached hydrogen (secondary N) is 3. The van der Waals surface area contributed by atoms with Gasteiger partial charge in [-0.3, -0.25) is 5.10 Å². The van der Waals surface area contributed by atoms with Crippen LogP contribution in [0.1, 0.15) is 45.9 Å². The molecular formula is C18H30N6O2.